The number of carbonyl (C=O) groups is 2. The van der Waals surface area contributed by atoms with Gasteiger partial charge in [0, 0.05) is 35.3 Å². The lowest BCUT2D eigenvalue weighted by Crippen LogP contribution is -2.24. The topological polar surface area (TPSA) is 60.7 Å². The number of halogens is 1. The second-order valence-electron chi connectivity index (χ2n) is 6.89. The number of alkyl halides is 1. The molecule has 0 saturated heterocycles. The molecule has 0 spiro atoms. The van der Waals surface area contributed by atoms with E-state index in [0.29, 0.717) is 30.1 Å². The molecule has 0 amide bonds. The molecule has 1 aliphatic heterocycles. The van der Waals surface area contributed by atoms with Crippen molar-refractivity contribution in [3.05, 3.63) is 70.9 Å². The normalized spacial score (nSPS) is 15.7. The highest BCUT2D eigenvalue weighted by molar-refractivity contribution is 6.17. The number of aromatic nitrogens is 1. The first-order valence-corrected chi connectivity index (χ1v) is 10.2. The Balaban J connectivity index is 1.97. The largest absolute Gasteiger partial charge is 0.465 e. The summed E-state index contributed by atoms with van der Waals surface area (Å²) >= 11 is 5.96. The molecule has 29 heavy (non-hydrogen) atoms. The van der Waals surface area contributed by atoms with Crippen molar-refractivity contribution in [1.82, 2.24) is 4.57 Å². The summed E-state index contributed by atoms with van der Waals surface area (Å²) < 4.78 is 6.94. The molecule has 1 unspecified atom stereocenters. The molecule has 5 nitrogen and oxygen atoms in total. The van der Waals surface area contributed by atoms with Gasteiger partial charge in [0.05, 0.1) is 12.1 Å². The Bertz CT molecular complexity index is 1120. The minimum absolute atomic E-state index is 0.195. The van der Waals surface area contributed by atoms with Crippen LogP contribution in [0.3, 0.4) is 0 Å². The standard InChI is InChI=1S/C23H21ClN2O3/c1-2-29-23(28)19-14-25-11-10-18-17-8-3-4-9-20(17)26(21(18)19)22(27)16-7-5-6-15(12-16)13-24/h3-9,12,14,19H,2,10-11,13H2,1H3. The van der Waals surface area contributed by atoms with Crippen LogP contribution in [0.4, 0.5) is 0 Å². The molecule has 6 heteroatoms. The van der Waals surface area contributed by atoms with Gasteiger partial charge in [-0.3, -0.25) is 19.1 Å². The summed E-state index contributed by atoms with van der Waals surface area (Å²) in [4.78, 5) is 30.8. The van der Waals surface area contributed by atoms with Crippen molar-refractivity contribution in [3.63, 3.8) is 0 Å². The molecule has 1 aliphatic rings. The van der Waals surface area contributed by atoms with E-state index in [1.165, 1.54) is 0 Å². The van der Waals surface area contributed by atoms with Gasteiger partial charge in [-0.1, -0.05) is 30.3 Å². The Morgan fingerprint density at radius 2 is 2.03 bits per heavy atom. The molecule has 0 aliphatic carbocycles. The Morgan fingerprint density at radius 1 is 1.21 bits per heavy atom. The van der Waals surface area contributed by atoms with E-state index in [2.05, 4.69) is 4.99 Å². The molecule has 148 valence electrons. The van der Waals surface area contributed by atoms with Crippen LogP contribution < -0.4 is 0 Å². The average Bonchev–Trinajstić information content (AvgIpc) is 2.91. The van der Waals surface area contributed by atoms with Crippen molar-refractivity contribution in [1.29, 1.82) is 0 Å². The number of ether oxygens (including phenoxy) is 1. The van der Waals surface area contributed by atoms with Crippen LogP contribution in [0.1, 0.15) is 40.0 Å². The Labute approximate surface area is 174 Å². The quantitative estimate of drug-likeness (QED) is 0.476. The minimum Gasteiger partial charge on any atom is -0.465 e. The van der Waals surface area contributed by atoms with E-state index in [-0.39, 0.29) is 12.5 Å². The SMILES string of the molecule is CCOC(=O)C1C=NCCc2c1n(C(=O)c1cccc(CCl)c1)c1ccccc21. The van der Waals surface area contributed by atoms with Crippen molar-refractivity contribution < 1.29 is 14.3 Å². The third kappa shape index (κ3) is 3.47. The smallest absolute Gasteiger partial charge is 0.320 e. The van der Waals surface area contributed by atoms with Gasteiger partial charge in [0.2, 0.25) is 0 Å². The van der Waals surface area contributed by atoms with Gasteiger partial charge in [-0.05, 0) is 42.7 Å². The zero-order valence-electron chi connectivity index (χ0n) is 16.1. The van der Waals surface area contributed by atoms with Gasteiger partial charge in [0.25, 0.3) is 5.91 Å². The first-order chi connectivity index (χ1) is 14.2. The van der Waals surface area contributed by atoms with Gasteiger partial charge in [-0.15, -0.1) is 11.6 Å². The van der Waals surface area contributed by atoms with Crippen molar-refractivity contribution in [2.75, 3.05) is 13.2 Å². The molecule has 2 heterocycles. The summed E-state index contributed by atoms with van der Waals surface area (Å²) in [5, 5.41) is 0.962. The molecule has 3 aromatic rings. The highest BCUT2D eigenvalue weighted by atomic mass is 35.5. The number of carbonyl (C=O) groups excluding carboxylic acids is 2. The van der Waals surface area contributed by atoms with Gasteiger partial charge in [0.15, 0.2) is 0 Å². The van der Waals surface area contributed by atoms with Crippen molar-refractivity contribution in [2.45, 2.75) is 25.1 Å². The van der Waals surface area contributed by atoms with E-state index in [1.54, 1.807) is 29.8 Å². The maximum Gasteiger partial charge on any atom is 0.320 e. The first-order valence-electron chi connectivity index (χ1n) is 9.64. The second kappa shape index (κ2) is 8.21. The van der Waals surface area contributed by atoms with E-state index >= 15 is 0 Å². The van der Waals surface area contributed by atoms with Crippen LogP contribution in [-0.4, -0.2) is 35.8 Å². The summed E-state index contributed by atoms with van der Waals surface area (Å²) in [6.45, 7) is 2.60. The fourth-order valence-corrected chi connectivity index (χ4v) is 4.05. The van der Waals surface area contributed by atoms with Crippen LogP contribution in [0, 0.1) is 0 Å². The molecule has 1 aromatic heterocycles. The van der Waals surface area contributed by atoms with Crippen LogP contribution in [0.25, 0.3) is 10.9 Å². The van der Waals surface area contributed by atoms with Crippen molar-refractivity contribution in [2.24, 2.45) is 4.99 Å². The van der Waals surface area contributed by atoms with Gasteiger partial charge < -0.3 is 4.74 Å². The van der Waals surface area contributed by atoms with Crippen molar-refractivity contribution >= 4 is 40.6 Å². The zero-order valence-corrected chi connectivity index (χ0v) is 16.9. The molecule has 0 fully saturated rings. The summed E-state index contributed by atoms with van der Waals surface area (Å²) in [5.41, 5.74) is 3.78. The highest BCUT2D eigenvalue weighted by Gasteiger charge is 2.32. The lowest BCUT2D eigenvalue weighted by atomic mass is 10.00. The van der Waals surface area contributed by atoms with Crippen LogP contribution in [0.5, 0.6) is 0 Å². The Hall–Kier alpha value is -2.92. The molecule has 2 aromatic carbocycles. The van der Waals surface area contributed by atoms with E-state index < -0.39 is 11.9 Å². The molecular formula is C23H21ClN2O3. The lowest BCUT2D eigenvalue weighted by molar-refractivity contribution is -0.143. The third-order valence-corrected chi connectivity index (χ3v) is 5.44. The molecule has 0 bridgehead atoms. The van der Waals surface area contributed by atoms with Crippen LogP contribution >= 0.6 is 11.6 Å². The number of fused-ring (bicyclic) bond motifs is 3. The molecule has 1 atom stereocenters. The number of para-hydroxylation sites is 1. The van der Waals surface area contributed by atoms with Gasteiger partial charge >= 0.3 is 5.97 Å². The van der Waals surface area contributed by atoms with E-state index in [9.17, 15) is 9.59 Å². The number of rotatable bonds is 4. The van der Waals surface area contributed by atoms with E-state index in [0.717, 1.165) is 22.0 Å². The third-order valence-electron chi connectivity index (χ3n) is 5.13. The molecule has 0 N–H and O–H groups in total. The van der Waals surface area contributed by atoms with Gasteiger partial charge in [0.1, 0.15) is 5.92 Å². The Morgan fingerprint density at radius 3 is 2.83 bits per heavy atom. The number of hydrogen-bond donors (Lipinski definition) is 0. The summed E-state index contributed by atoms with van der Waals surface area (Å²) in [5.74, 6) is -0.992. The number of hydrogen-bond acceptors (Lipinski definition) is 4. The predicted octanol–water partition coefficient (Wildman–Crippen LogP) is 4.34. The van der Waals surface area contributed by atoms with Gasteiger partial charge in [-0.25, -0.2) is 0 Å². The molecular weight excluding hydrogens is 388 g/mol. The van der Waals surface area contributed by atoms with Crippen LogP contribution in [0.2, 0.25) is 0 Å². The number of nitrogens with zero attached hydrogens (tertiary/aromatic N) is 2. The minimum atomic E-state index is -0.722. The number of benzene rings is 2. The maximum atomic E-state index is 13.6. The number of esters is 1. The summed E-state index contributed by atoms with van der Waals surface area (Å²) in [7, 11) is 0. The Kier molecular flexibility index (Phi) is 5.49. The lowest BCUT2D eigenvalue weighted by Gasteiger charge is -2.16. The fraction of sp³-hybridized carbons (Fsp3) is 0.261. The fourth-order valence-electron chi connectivity index (χ4n) is 3.88. The molecule has 4 rings (SSSR count). The molecule has 0 saturated carbocycles. The van der Waals surface area contributed by atoms with Crippen LogP contribution in [0.15, 0.2) is 53.5 Å². The van der Waals surface area contributed by atoms with Gasteiger partial charge in [-0.2, -0.15) is 0 Å². The summed E-state index contributed by atoms with van der Waals surface area (Å²) in [6.07, 6.45) is 2.27. The van der Waals surface area contributed by atoms with Crippen molar-refractivity contribution in [3.8, 4) is 0 Å². The predicted molar refractivity (Wildman–Crippen MR) is 114 cm³/mol. The first kappa shape index (κ1) is 19.4. The van der Waals surface area contributed by atoms with E-state index in [4.69, 9.17) is 16.3 Å². The molecule has 0 radical (unpaired) electrons. The second-order valence-corrected chi connectivity index (χ2v) is 7.16. The maximum absolute atomic E-state index is 13.6. The zero-order chi connectivity index (χ0) is 20.4. The van der Waals surface area contributed by atoms with E-state index in [1.807, 2.05) is 36.4 Å². The average molecular weight is 409 g/mol. The van der Waals surface area contributed by atoms with Crippen LogP contribution in [-0.2, 0) is 21.8 Å². The highest BCUT2D eigenvalue weighted by Crippen LogP contribution is 2.34. The monoisotopic (exact) mass is 408 g/mol. The number of aliphatic imine (C=N–C) groups is 1. The summed E-state index contributed by atoms with van der Waals surface area (Å²) in [6, 6.07) is 15.0.